The lowest BCUT2D eigenvalue weighted by Gasteiger charge is -2.28. The molecule has 0 aromatic carbocycles. The minimum Gasteiger partial charge on any atom is -0.343 e. The van der Waals surface area contributed by atoms with Gasteiger partial charge in [0.1, 0.15) is 6.04 Å². The number of alkyl halides is 3. The van der Waals surface area contributed by atoms with Gasteiger partial charge in [0.25, 0.3) is 0 Å². The third-order valence-electron chi connectivity index (χ3n) is 1.81. The van der Waals surface area contributed by atoms with Gasteiger partial charge in [-0.25, -0.2) is 0 Å². The maximum Gasteiger partial charge on any atom is 0.408 e. The molecule has 1 rings (SSSR count). The Morgan fingerprint density at radius 2 is 2.00 bits per heavy atom. The van der Waals surface area contributed by atoms with E-state index in [1.54, 1.807) is 0 Å². The van der Waals surface area contributed by atoms with E-state index < -0.39 is 24.2 Å². The lowest BCUT2D eigenvalue weighted by Crippen LogP contribution is -2.55. The molecule has 0 saturated carbocycles. The van der Waals surface area contributed by atoms with Crippen molar-refractivity contribution in [1.82, 2.24) is 5.32 Å². The van der Waals surface area contributed by atoms with E-state index in [1.165, 1.54) is 0 Å². The molecule has 1 aliphatic rings. The zero-order chi connectivity index (χ0) is 9.35. The van der Waals surface area contributed by atoms with Crippen LogP contribution in [0.1, 0.15) is 12.8 Å². The summed E-state index contributed by atoms with van der Waals surface area (Å²) in [6.45, 7) is 0. The summed E-state index contributed by atoms with van der Waals surface area (Å²) in [5, 5.41) is 1.82. The van der Waals surface area contributed by atoms with Crippen LogP contribution in [0, 0.1) is 0 Å². The van der Waals surface area contributed by atoms with Crippen LogP contribution in [0.4, 0.5) is 13.2 Å². The number of nitrogens with two attached hydrogens (primary N) is 1. The summed E-state index contributed by atoms with van der Waals surface area (Å²) in [7, 11) is 0. The zero-order valence-corrected chi connectivity index (χ0v) is 6.19. The second kappa shape index (κ2) is 2.93. The summed E-state index contributed by atoms with van der Waals surface area (Å²) in [6.07, 6.45) is -4.39. The molecule has 6 heteroatoms. The van der Waals surface area contributed by atoms with Gasteiger partial charge in [-0.05, 0) is 12.8 Å². The summed E-state index contributed by atoms with van der Waals surface area (Å²) < 4.78 is 36.0. The van der Waals surface area contributed by atoms with Crippen LogP contribution in [0.2, 0.25) is 0 Å². The Kier molecular flexibility index (Phi) is 2.27. The van der Waals surface area contributed by atoms with E-state index in [9.17, 15) is 18.0 Å². The molecule has 0 unspecified atom stereocenters. The number of rotatable bonds is 0. The number of hydrogen-bond donors (Lipinski definition) is 2. The van der Waals surface area contributed by atoms with Crippen molar-refractivity contribution in [1.29, 1.82) is 0 Å². The van der Waals surface area contributed by atoms with Crippen molar-refractivity contribution < 1.29 is 18.0 Å². The summed E-state index contributed by atoms with van der Waals surface area (Å²) in [5.74, 6) is -0.719. The predicted molar refractivity (Wildman–Crippen MR) is 35.2 cm³/mol. The first-order valence-corrected chi connectivity index (χ1v) is 3.54. The van der Waals surface area contributed by atoms with Crippen LogP contribution in [-0.2, 0) is 4.79 Å². The van der Waals surface area contributed by atoms with Crippen molar-refractivity contribution >= 4 is 5.91 Å². The van der Waals surface area contributed by atoms with Crippen molar-refractivity contribution in [2.24, 2.45) is 5.73 Å². The number of hydrogen-bond acceptors (Lipinski definition) is 2. The van der Waals surface area contributed by atoms with Crippen LogP contribution in [0.15, 0.2) is 0 Å². The molecule has 1 fully saturated rings. The Bertz CT molecular complexity index is 192. The largest absolute Gasteiger partial charge is 0.408 e. The molecule has 0 aromatic heterocycles. The summed E-state index contributed by atoms with van der Waals surface area (Å²) in [5.41, 5.74) is 5.20. The monoisotopic (exact) mass is 182 g/mol. The quantitative estimate of drug-likeness (QED) is 0.560. The fraction of sp³-hybridized carbons (Fsp3) is 0.833. The van der Waals surface area contributed by atoms with Crippen molar-refractivity contribution in [2.75, 3.05) is 0 Å². The summed E-state index contributed by atoms with van der Waals surface area (Å²) in [4.78, 5) is 10.7. The van der Waals surface area contributed by atoms with Crippen LogP contribution in [-0.4, -0.2) is 24.2 Å². The van der Waals surface area contributed by atoms with Crippen molar-refractivity contribution in [2.45, 2.75) is 31.1 Å². The Balaban J connectivity index is 2.57. The molecule has 12 heavy (non-hydrogen) atoms. The first kappa shape index (κ1) is 9.31. The van der Waals surface area contributed by atoms with Gasteiger partial charge in [0.2, 0.25) is 5.91 Å². The standard InChI is InChI=1S/C6H9F3N2O/c7-6(8,9)4-2-1-3(10)5(12)11-4/h3-4H,1-2,10H2,(H,11,12)/t3-,4-/m0/s1. The maximum absolute atomic E-state index is 12.0. The van der Waals surface area contributed by atoms with E-state index in [-0.39, 0.29) is 12.8 Å². The van der Waals surface area contributed by atoms with E-state index in [4.69, 9.17) is 5.73 Å². The van der Waals surface area contributed by atoms with Crippen LogP contribution >= 0.6 is 0 Å². The smallest absolute Gasteiger partial charge is 0.343 e. The molecule has 1 amide bonds. The Morgan fingerprint density at radius 1 is 1.42 bits per heavy atom. The minimum atomic E-state index is -4.35. The third-order valence-corrected chi connectivity index (χ3v) is 1.81. The van der Waals surface area contributed by atoms with Gasteiger partial charge < -0.3 is 11.1 Å². The Morgan fingerprint density at radius 3 is 2.42 bits per heavy atom. The van der Waals surface area contributed by atoms with Crippen molar-refractivity contribution in [3.8, 4) is 0 Å². The molecule has 0 aliphatic carbocycles. The highest BCUT2D eigenvalue weighted by molar-refractivity contribution is 5.82. The van der Waals surface area contributed by atoms with Crippen LogP contribution in [0.5, 0.6) is 0 Å². The molecule has 0 radical (unpaired) electrons. The molecule has 0 spiro atoms. The Hall–Kier alpha value is -0.780. The lowest BCUT2D eigenvalue weighted by atomic mass is 10.0. The van der Waals surface area contributed by atoms with E-state index in [1.807, 2.05) is 5.32 Å². The first-order valence-electron chi connectivity index (χ1n) is 3.54. The zero-order valence-electron chi connectivity index (χ0n) is 6.19. The number of nitrogens with one attached hydrogen (secondary N) is 1. The number of piperidine rings is 1. The van der Waals surface area contributed by atoms with Crippen molar-refractivity contribution in [3.63, 3.8) is 0 Å². The maximum atomic E-state index is 12.0. The molecule has 3 N–H and O–H groups in total. The summed E-state index contributed by atoms with van der Waals surface area (Å²) in [6, 6.07) is -2.51. The summed E-state index contributed by atoms with van der Waals surface area (Å²) >= 11 is 0. The second-order valence-corrected chi connectivity index (χ2v) is 2.79. The lowest BCUT2D eigenvalue weighted by molar-refractivity contribution is -0.167. The van der Waals surface area contributed by atoms with Gasteiger partial charge in [0.15, 0.2) is 0 Å². The fourth-order valence-corrected chi connectivity index (χ4v) is 1.07. The molecular weight excluding hydrogens is 173 g/mol. The van der Waals surface area contributed by atoms with Gasteiger partial charge in [0.05, 0.1) is 6.04 Å². The molecule has 1 saturated heterocycles. The highest BCUT2D eigenvalue weighted by atomic mass is 19.4. The topological polar surface area (TPSA) is 55.1 Å². The number of amides is 1. The molecule has 1 heterocycles. The molecule has 3 nitrogen and oxygen atoms in total. The molecule has 1 aliphatic heterocycles. The fourth-order valence-electron chi connectivity index (χ4n) is 1.07. The predicted octanol–water partition coefficient (Wildman–Crippen LogP) is 0.155. The van der Waals surface area contributed by atoms with Crippen LogP contribution < -0.4 is 11.1 Å². The third kappa shape index (κ3) is 1.88. The van der Waals surface area contributed by atoms with Gasteiger partial charge in [-0.2, -0.15) is 13.2 Å². The van der Waals surface area contributed by atoms with Gasteiger partial charge in [-0.15, -0.1) is 0 Å². The highest BCUT2D eigenvalue weighted by Crippen LogP contribution is 2.25. The van der Waals surface area contributed by atoms with Gasteiger partial charge >= 0.3 is 6.18 Å². The molecule has 0 aromatic rings. The first-order chi connectivity index (χ1) is 5.41. The average Bonchev–Trinajstić information content (AvgIpc) is 1.92. The van der Waals surface area contributed by atoms with Gasteiger partial charge in [-0.3, -0.25) is 4.79 Å². The number of halogens is 3. The number of carbonyl (C=O) groups is 1. The molecule has 2 atom stereocenters. The van der Waals surface area contributed by atoms with E-state index in [0.29, 0.717) is 0 Å². The number of carbonyl (C=O) groups excluding carboxylic acids is 1. The van der Waals surface area contributed by atoms with Crippen LogP contribution in [0.3, 0.4) is 0 Å². The van der Waals surface area contributed by atoms with Gasteiger partial charge in [-0.1, -0.05) is 0 Å². The normalized spacial score (nSPS) is 31.5. The van der Waals surface area contributed by atoms with E-state index >= 15 is 0 Å². The second-order valence-electron chi connectivity index (χ2n) is 2.79. The Labute approximate surface area is 67.1 Å². The van der Waals surface area contributed by atoms with Crippen molar-refractivity contribution in [3.05, 3.63) is 0 Å². The minimum absolute atomic E-state index is 0.0933. The van der Waals surface area contributed by atoms with Gasteiger partial charge in [0, 0.05) is 0 Å². The molecular formula is C6H9F3N2O. The van der Waals surface area contributed by atoms with E-state index in [2.05, 4.69) is 0 Å². The average molecular weight is 182 g/mol. The molecule has 0 bridgehead atoms. The molecule has 70 valence electrons. The van der Waals surface area contributed by atoms with E-state index in [0.717, 1.165) is 0 Å². The van der Waals surface area contributed by atoms with Crippen LogP contribution in [0.25, 0.3) is 0 Å². The SMILES string of the molecule is N[C@H]1CC[C@@H](C(F)(F)F)NC1=O. The highest BCUT2D eigenvalue weighted by Gasteiger charge is 2.43.